The molecule has 19 nitrogen and oxygen atoms in total. The fourth-order valence-corrected chi connectivity index (χ4v) is 9.98. The molecular formula is C49H80N2O17. The van der Waals surface area contributed by atoms with E-state index in [-0.39, 0.29) is 38.1 Å². The molecular weight excluding hydrogens is 889 g/mol. The Morgan fingerprint density at radius 1 is 0.912 bits per heavy atom. The zero-order chi connectivity index (χ0) is 50.8. The second-order valence-electron chi connectivity index (χ2n) is 19.6. The Hall–Kier alpha value is -2.94. The normalized spacial score (nSPS) is 43.8. The van der Waals surface area contributed by atoms with E-state index in [0.29, 0.717) is 12.0 Å². The van der Waals surface area contributed by atoms with Crippen molar-refractivity contribution < 1.29 is 82.2 Å². The molecule has 21 atom stereocenters. The average Bonchev–Trinajstić information content (AvgIpc) is 3.26. The lowest BCUT2D eigenvalue weighted by Gasteiger charge is -2.50. The minimum absolute atomic E-state index is 0.0135. The van der Waals surface area contributed by atoms with Crippen molar-refractivity contribution >= 4 is 17.7 Å². The summed E-state index contributed by atoms with van der Waals surface area (Å²) in [4.78, 5) is 42.5. The fourth-order valence-electron chi connectivity index (χ4n) is 9.98. The van der Waals surface area contributed by atoms with E-state index in [1.807, 2.05) is 19.9 Å². The van der Waals surface area contributed by atoms with Crippen LogP contribution < -0.4 is 0 Å². The maximum Gasteiger partial charge on any atom is 0.308 e. The van der Waals surface area contributed by atoms with Crippen LogP contribution in [0.4, 0.5) is 0 Å². The number of rotatable bonds is 14. The SMILES string of the molecule is CC[C@H]1OC(=O)C[C@@H](O)[C@H](C)[C@@H](O[C@@H]2O[C@H](C)[C@@H](O[C@H]3C[C@@](C)(O)[C@@H](O)[C@H](C)O3)[C@H](N(C)C)[C@H]2OC(C)=O)[C@@H](CCC#N)C[C@@H](C)C(=O)/C=C/C(C)=C/[C@@H]1CO[C@@H]1O[C@H](C)[C@@H](O)[C@@H](OC)[C@H]1OC. The van der Waals surface area contributed by atoms with Gasteiger partial charge in [-0.05, 0) is 80.0 Å². The minimum atomic E-state index is -1.52. The number of ketones is 1. The van der Waals surface area contributed by atoms with Crippen molar-refractivity contribution in [2.75, 3.05) is 34.9 Å². The van der Waals surface area contributed by atoms with Gasteiger partial charge >= 0.3 is 11.9 Å². The summed E-state index contributed by atoms with van der Waals surface area (Å²) >= 11 is 0. The van der Waals surface area contributed by atoms with Gasteiger partial charge in [-0.3, -0.25) is 14.4 Å². The Morgan fingerprint density at radius 3 is 2.16 bits per heavy atom. The molecule has 4 aliphatic heterocycles. The molecule has 68 heavy (non-hydrogen) atoms. The standard InChI is InChI=1S/C49H80N2O17/c1-14-36-33(24-61-47-45(60-13)44(59-12)40(56)28(5)63-47)20-25(2)17-18-34(53)26(3)21-32(16-15-19-50)41(27(4)35(54)22-37(55)66-36)68-48-43(65-31(8)52)39(51(10)11)42(29(6)64-48)67-38-23-49(9,58)46(57)30(7)62-38/h17-18,20,26-30,32-33,35-36,38-48,54,56-58H,14-16,21-24H2,1-13H3/b18-17+,25-20+/t26-,27+,28-,29-,30+,32+,33-,35-,36-,38+,39+,40-,41-,42-,43-,44-,45-,46+,47-,48+,49-/m1/s1. The Labute approximate surface area is 402 Å². The number of methoxy groups -OCH3 is 2. The van der Waals surface area contributed by atoms with Crippen LogP contribution in [-0.2, 0) is 61.8 Å². The predicted octanol–water partition coefficient (Wildman–Crippen LogP) is 3.12. The Bertz CT molecular complexity index is 1740. The molecule has 0 unspecified atom stereocenters. The van der Waals surface area contributed by atoms with Gasteiger partial charge in [0.05, 0.1) is 61.3 Å². The lowest BCUT2D eigenvalue weighted by atomic mass is 9.79. The number of allylic oxidation sites excluding steroid dienone is 3. The van der Waals surface area contributed by atoms with Crippen LogP contribution in [0.5, 0.6) is 0 Å². The van der Waals surface area contributed by atoms with Crippen molar-refractivity contribution in [1.29, 1.82) is 5.26 Å². The number of hydrogen-bond acceptors (Lipinski definition) is 19. The minimum Gasteiger partial charge on any atom is -0.462 e. The topological polar surface area (TPSA) is 251 Å². The second kappa shape index (κ2) is 26.0. The molecule has 4 aliphatic rings. The van der Waals surface area contributed by atoms with E-state index in [4.69, 9.17) is 47.4 Å². The summed E-state index contributed by atoms with van der Waals surface area (Å²) in [6.07, 6.45) is -8.58. The summed E-state index contributed by atoms with van der Waals surface area (Å²) in [7, 11) is 6.48. The zero-order valence-electron chi connectivity index (χ0n) is 42.2. The third kappa shape index (κ3) is 14.8. The van der Waals surface area contributed by atoms with Crippen molar-refractivity contribution in [2.24, 2.45) is 23.7 Å². The lowest BCUT2D eigenvalue weighted by molar-refractivity contribution is -0.342. The quantitative estimate of drug-likeness (QED) is 0.183. The fraction of sp³-hybridized carbons (Fsp3) is 0.837. The van der Waals surface area contributed by atoms with E-state index in [9.17, 15) is 40.1 Å². The van der Waals surface area contributed by atoms with Gasteiger partial charge in [-0.2, -0.15) is 5.26 Å². The molecule has 0 saturated carbocycles. The van der Waals surface area contributed by atoms with Crippen molar-refractivity contribution in [3.8, 4) is 6.07 Å². The van der Waals surface area contributed by atoms with Gasteiger partial charge in [0.15, 0.2) is 30.8 Å². The van der Waals surface area contributed by atoms with Crippen molar-refractivity contribution in [2.45, 2.75) is 205 Å². The van der Waals surface area contributed by atoms with Gasteiger partial charge in [0.2, 0.25) is 0 Å². The maximum absolute atomic E-state index is 13.9. The van der Waals surface area contributed by atoms with Gasteiger partial charge in [0, 0.05) is 51.7 Å². The monoisotopic (exact) mass is 969 g/mol. The van der Waals surface area contributed by atoms with Gasteiger partial charge in [0.25, 0.3) is 0 Å². The van der Waals surface area contributed by atoms with Crippen molar-refractivity contribution in [3.63, 3.8) is 0 Å². The smallest absolute Gasteiger partial charge is 0.308 e. The largest absolute Gasteiger partial charge is 0.462 e. The molecule has 0 amide bonds. The predicted molar refractivity (Wildman–Crippen MR) is 244 cm³/mol. The number of likely N-dealkylation sites (N-methyl/N-ethyl adjacent to an activating group) is 1. The third-order valence-electron chi connectivity index (χ3n) is 13.9. The first-order valence-electron chi connectivity index (χ1n) is 24.0. The number of aliphatic hydroxyl groups excluding tert-OH is 3. The van der Waals surface area contributed by atoms with E-state index >= 15 is 0 Å². The first kappa shape index (κ1) is 57.6. The number of esters is 2. The molecule has 0 aromatic rings. The van der Waals surface area contributed by atoms with Crippen LogP contribution in [0.25, 0.3) is 0 Å². The average molecular weight is 969 g/mol. The highest BCUT2D eigenvalue weighted by atomic mass is 16.7. The molecule has 0 bridgehead atoms. The van der Waals surface area contributed by atoms with E-state index in [1.165, 1.54) is 34.1 Å². The van der Waals surface area contributed by atoms with E-state index in [2.05, 4.69) is 6.07 Å². The van der Waals surface area contributed by atoms with Crippen LogP contribution in [-0.4, -0.2) is 182 Å². The summed E-state index contributed by atoms with van der Waals surface area (Å²) in [6, 6.07) is 1.47. The van der Waals surface area contributed by atoms with Crippen LogP contribution >= 0.6 is 0 Å². The number of carbonyl (C=O) groups is 3. The van der Waals surface area contributed by atoms with E-state index in [0.717, 1.165) is 0 Å². The number of aliphatic hydroxyl groups is 4. The molecule has 0 radical (unpaired) electrons. The highest BCUT2D eigenvalue weighted by Crippen LogP contribution is 2.39. The first-order chi connectivity index (χ1) is 32.0. The number of hydrogen-bond donors (Lipinski definition) is 4. The highest BCUT2D eigenvalue weighted by Gasteiger charge is 2.53. The number of nitrogens with zero attached hydrogens (tertiary/aromatic N) is 2. The molecule has 4 rings (SSSR count). The number of ether oxygens (including phenoxy) is 10. The first-order valence-corrected chi connectivity index (χ1v) is 24.0. The van der Waals surface area contributed by atoms with Crippen LogP contribution in [0.1, 0.15) is 101 Å². The Morgan fingerprint density at radius 2 is 1.57 bits per heavy atom. The van der Waals surface area contributed by atoms with Crippen LogP contribution in [0.2, 0.25) is 0 Å². The lowest BCUT2D eigenvalue weighted by Crippen LogP contribution is -2.66. The van der Waals surface area contributed by atoms with Gasteiger partial charge < -0.3 is 72.7 Å². The molecule has 4 heterocycles. The molecule has 0 aliphatic carbocycles. The summed E-state index contributed by atoms with van der Waals surface area (Å²) < 4.78 is 61.5. The summed E-state index contributed by atoms with van der Waals surface area (Å²) in [5, 5.41) is 54.1. The molecule has 4 N–H and O–H groups in total. The van der Waals surface area contributed by atoms with Crippen LogP contribution in [0.3, 0.4) is 0 Å². The second-order valence-corrected chi connectivity index (χ2v) is 19.6. The van der Waals surface area contributed by atoms with Crippen molar-refractivity contribution in [1.82, 2.24) is 4.90 Å². The molecule has 19 heteroatoms. The molecule has 0 aromatic carbocycles. The molecule has 388 valence electrons. The van der Waals surface area contributed by atoms with Gasteiger partial charge in [-0.1, -0.05) is 38.5 Å². The van der Waals surface area contributed by atoms with Crippen molar-refractivity contribution in [3.05, 3.63) is 23.8 Å². The highest BCUT2D eigenvalue weighted by molar-refractivity contribution is 5.91. The summed E-state index contributed by atoms with van der Waals surface area (Å²) in [5.41, 5.74) is -0.829. The molecule has 3 fully saturated rings. The van der Waals surface area contributed by atoms with Gasteiger partial charge in [0.1, 0.15) is 36.6 Å². The molecule has 3 saturated heterocycles. The van der Waals surface area contributed by atoms with Crippen LogP contribution in [0.15, 0.2) is 23.8 Å². The van der Waals surface area contributed by atoms with Gasteiger partial charge in [-0.25, -0.2) is 0 Å². The summed E-state index contributed by atoms with van der Waals surface area (Å²) in [6.45, 7) is 15.0. The van der Waals surface area contributed by atoms with E-state index < -0.39 is 146 Å². The Kier molecular flexibility index (Phi) is 22.0. The maximum atomic E-state index is 13.9. The number of cyclic esters (lactones) is 1. The molecule has 0 spiro atoms. The number of nitriles is 1. The number of carbonyl (C=O) groups excluding carboxylic acids is 3. The zero-order valence-corrected chi connectivity index (χ0v) is 42.2. The Balaban J connectivity index is 1.69. The van der Waals surface area contributed by atoms with Crippen LogP contribution in [0, 0.1) is 35.0 Å². The van der Waals surface area contributed by atoms with E-state index in [1.54, 1.807) is 59.7 Å². The third-order valence-corrected chi connectivity index (χ3v) is 13.9. The molecule has 0 aromatic heterocycles. The summed E-state index contributed by atoms with van der Waals surface area (Å²) in [5.74, 6) is -4.06. The van der Waals surface area contributed by atoms with Gasteiger partial charge in [-0.15, -0.1) is 0 Å².